The molecule has 1 heterocycles. The highest BCUT2D eigenvalue weighted by molar-refractivity contribution is 5.87. The molecule has 2 aromatic rings. The van der Waals surface area contributed by atoms with E-state index in [0.717, 1.165) is 23.7 Å². The molecule has 1 aromatic carbocycles. The molecule has 0 spiro atoms. The lowest BCUT2D eigenvalue weighted by molar-refractivity contribution is -0.122. The lowest BCUT2D eigenvalue weighted by Crippen LogP contribution is -2.34. The van der Waals surface area contributed by atoms with E-state index in [1.807, 2.05) is 35.9 Å². The SMILES string of the molecule is CCCC(C)NC(=O)Cn1ccc2c(C#N)cccc21. The average molecular weight is 269 g/mol. The summed E-state index contributed by atoms with van der Waals surface area (Å²) in [6, 6.07) is 9.81. The fourth-order valence-corrected chi connectivity index (χ4v) is 2.44. The second-order valence-corrected chi connectivity index (χ2v) is 5.05. The molecule has 1 unspecified atom stereocenters. The average Bonchev–Trinajstić information content (AvgIpc) is 2.82. The Hall–Kier alpha value is -2.28. The van der Waals surface area contributed by atoms with E-state index in [1.165, 1.54) is 0 Å². The first kappa shape index (κ1) is 14.1. The van der Waals surface area contributed by atoms with Crippen LogP contribution in [0.5, 0.6) is 0 Å². The zero-order chi connectivity index (χ0) is 14.5. The van der Waals surface area contributed by atoms with Gasteiger partial charge in [-0.05, 0) is 31.5 Å². The van der Waals surface area contributed by atoms with Crippen LogP contribution in [0.4, 0.5) is 0 Å². The summed E-state index contributed by atoms with van der Waals surface area (Å²) in [6.45, 7) is 4.40. The number of hydrogen-bond acceptors (Lipinski definition) is 2. The maximum atomic E-state index is 12.0. The molecule has 1 N–H and O–H groups in total. The van der Waals surface area contributed by atoms with Gasteiger partial charge in [-0.1, -0.05) is 19.4 Å². The van der Waals surface area contributed by atoms with Gasteiger partial charge in [-0.2, -0.15) is 5.26 Å². The predicted molar refractivity (Wildman–Crippen MR) is 79.2 cm³/mol. The van der Waals surface area contributed by atoms with Crippen molar-refractivity contribution in [2.24, 2.45) is 0 Å². The Bertz CT molecular complexity index is 651. The minimum atomic E-state index is 0.00538. The second-order valence-electron chi connectivity index (χ2n) is 5.05. The van der Waals surface area contributed by atoms with E-state index < -0.39 is 0 Å². The molecule has 20 heavy (non-hydrogen) atoms. The van der Waals surface area contributed by atoms with Gasteiger partial charge in [0.05, 0.1) is 11.6 Å². The zero-order valence-corrected chi connectivity index (χ0v) is 11.9. The molecule has 1 amide bonds. The number of nitrogens with zero attached hydrogens (tertiary/aromatic N) is 2. The Morgan fingerprint density at radius 2 is 2.25 bits per heavy atom. The third-order valence-corrected chi connectivity index (χ3v) is 3.38. The molecule has 0 fully saturated rings. The molecule has 0 aliphatic rings. The molecule has 0 bridgehead atoms. The summed E-state index contributed by atoms with van der Waals surface area (Å²) in [7, 11) is 0. The van der Waals surface area contributed by atoms with Crippen LogP contribution in [0, 0.1) is 11.3 Å². The van der Waals surface area contributed by atoms with E-state index >= 15 is 0 Å². The van der Waals surface area contributed by atoms with Gasteiger partial charge in [-0.25, -0.2) is 0 Å². The summed E-state index contributed by atoms with van der Waals surface area (Å²) >= 11 is 0. The predicted octanol–water partition coefficient (Wildman–Crippen LogP) is 2.82. The summed E-state index contributed by atoms with van der Waals surface area (Å²) in [5, 5.41) is 12.9. The summed E-state index contributed by atoms with van der Waals surface area (Å²) in [4.78, 5) is 12.0. The molecule has 104 valence electrons. The van der Waals surface area contributed by atoms with Crippen LogP contribution in [0.25, 0.3) is 10.9 Å². The molecular formula is C16H19N3O. The van der Waals surface area contributed by atoms with E-state index in [1.54, 1.807) is 6.07 Å². The van der Waals surface area contributed by atoms with E-state index in [9.17, 15) is 4.79 Å². The van der Waals surface area contributed by atoms with Crippen molar-refractivity contribution in [3.63, 3.8) is 0 Å². The zero-order valence-electron chi connectivity index (χ0n) is 11.9. The number of rotatable bonds is 5. The summed E-state index contributed by atoms with van der Waals surface area (Å²) in [5.74, 6) is 0.00538. The van der Waals surface area contributed by atoms with Gasteiger partial charge in [0.15, 0.2) is 0 Å². The normalized spacial score (nSPS) is 12.1. The summed E-state index contributed by atoms with van der Waals surface area (Å²) in [5.41, 5.74) is 1.56. The van der Waals surface area contributed by atoms with Crippen molar-refractivity contribution in [3.8, 4) is 6.07 Å². The number of amides is 1. The smallest absolute Gasteiger partial charge is 0.240 e. The Balaban J connectivity index is 2.15. The summed E-state index contributed by atoms with van der Waals surface area (Å²) < 4.78 is 1.88. The van der Waals surface area contributed by atoms with E-state index in [4.69, 9.17) is 5.26 Å². The van der Waals surface area contributed by atoms with Gasteiger partial charge in [0, 0.05) is 23.1 Å². The van der Waals surface area contributed by atoms with Gasteiger partial charge in [-0.15, -0.1) is 0 Å². The first-order valence-corrected chi connectivity index (χ1v) is 6.93. The lowest BCUT2D eigenvalue weighted by Gasteiger charge is -2.13. The van der Waals surface area contributed by atoms with E-state index in [0.29, 0.717) is 5.56 Å². The Kier molecular flexibility index (Phi) is 4.41. The van der Waals surface area contributed by atoms with Crippen LogP contribution in [0.15, 0.2) is 30.5 Å². The minimum Gasteiger partial charge on any atom is -0.352 e. The molecule has 0 radical (unpaired) electrons. The second kappa shape index (κ2) is 6.25. The van der Waals surface area contributed by atoms with Gasteiger partial charge >= 0.3 is 0 Å². The molecule has 1 aromatic heterocycles. The van der Waals surface area contributed by atoms with Gasteiger partial charge in [0.1, 0.15) is 6.54 Å². The minimum absolute atomic E-state index is 0.00538. The van der Waals surface area contributed by atoms with Crippen molar-refractivity contribution >= 4 is 16.8 Å². The number of benzene rings is 1. The molecule has 4 nitrogen and oxygen atoms in total. The number of fused-ring (bicyclic) bond motifs is 1. The Morgan fingerprint density at radius 3 is 2.95 bits per heavy atom. The number of aromatic nitrogens is 1. The van der Waals surface area contributed by atoms with Crippen molar-refractivity contribution in [1.29, 1.82) is 5.26 Å². The van der Waals surface area contributed by atoms with Crippen molar-refractivity contribution in [3.05, 3.63) is 36.0 Å². The molecular weight excluding hydrogens is 250 g/mol. The van der Waals surface area contributed by atoms with E-state index in [-0.39, 0.29) is 18.5 Å². The number of hydrogen-bond donors (Lipinski definition) is 1. The highest BCUT2D eigenvalue weighted by Crippen LogP contribution is 2.19. The van der Waals surface area contributed by atoms with Crippen LogP contribution < -0.4 is 5.32 Å². The third-order valence-electron chi connectivity index (χ3n) is 3.38. The Labute approximate surface area is 119 Å². The number of carbonyl (C=O) groups is 1. The maximum absolute atomic E-state index is 12.0. The van der Waals surface area contributed by atoms with Gasteiger partial charge in [0.2, 0.25) is 5.91 Å². The molecule has 4 heteroatoms. The third kappa shape index (κ3) is 3.00. The highest BCUT2D eigenvalue weighted by Gasteiger charge is 2.10. The van der Waals surface area contributed by atoms with Crippen LogP contribution in [-0.4, -0.2) is 16.5 Å². The van der Waals surface area contributed by atoms with Crippen LogP contribution in [0.2, 0.25) is 0 Å². The fourth-order valence-electron chi connectivity index (χ4n) is 2.44. The number of nitriles is 1. The standard InChI is InChI=1S/C16H19N3O/c1-3-5-12(2)18-16(20)11-19-9-8-14-13(10-17)6-4-7-15(14)19/h4,6-9,12H,3,5,11H2,1-2H3,(H,18,20). The molecule has 1 atom stereocenters. The van der Waals surface area contributed by atoms with Crippen LogP contribution in [0.3, 0.4) is 0 Å². The largest absolute Gasteiger partial charge is 0.352 e. The quantitative estimate of drug-likeness (QED) is 0.907. The van der Waals surface area contributed by atoms with Crippen LogP contribution in [0.1, 0.15) is 32.3 Å². The van der Waals surface area contributed by atoms with Crippen molar-refractivity contribution in [2.75, 3.05) is 0 Å². The van der Waals surface area contributed by atoms with Crippen molar-refractivity contribution in [1.82, 2.24) is 9.88 Å². The van der Waals surface area contributed by atoms with Gasteiger partial charge in [0.25, 0.3) is 0 Å². The Morgan fingerprint density at radius 1 is 1.45 bits per heavy atom. The van der Waals surface area contributed by atoms with Gasteiger partial charge in [-0.3, -0.25) is 4.79 Å². The maximum Gasteiger partial charge on any atom is 0.240 e. The molecule has 0 aliphatic carbocycles. The number of carbonyl (C=O) groups excluding carboxylic acids is 1. The van der Waals surface area contributed by atoms with Crippen LogP contribution in [-0.2, 0) is 11.3 Å². The monoisotopic (exact) mass is 269 g/mol. The first-order valence-electron chi connectivity index (χ1n) is 6.93. The first-order chi connectivity index (χ1) is 9.65. The number of nitrogens with one attached hydrogen (secondary N) is 1. The topological polar surface area (TPSA) is 57.8 Å². The lowest BCUT2D eigenvalue weighted by atomic mass is 10.1. The highest BCUT2D eigenvalue weighted by atomic mass is 16.2. The van der Waals surface area contributed by atoms with Crippen molar-refractivity contribution in [2.45, 2.75) is 39.3 Å². The van der Waals surface area contributed by atoms with Crippen molar-refractivity contribution < 1.29 is 4.79 Å². The van der Waals surface area contributed by atoms with Crippen LogP contribution >= 0.6 is 0 Å². The molecule has 0 saturated heterocycles. The molecule has 2 rings (SSSR count). The fraction of sp³-hybridized carbons (Fsp3) is 0.375. The summed E-state index contributed by atoms with van der Waals surface area (Å²) in [6.07, 6.45) is 3.89. The van der Waals surface area contributed by atoms with E-state index in [2.05, 4.69) is 18.3 Å². The molecule has 0 saturated carbocycles. The molecule has 0 aliphatic heterocycles. The van der Waals surface area contributed by atoms with Gasteiger partial charge < -0.3 is 9.88 Å².